The van der Waals surface area contributed by atoms with Crippen molar-refractivity contribution in [3.05, 3.63) is 154 Å². The molecule has 0 spiro atoms. The molecule has 6 aromatic carbocycles. The lowest BCUT2D eigenvalue weighted by molar-refractivity contribution is 0.401. The van der Waals surface area contributed by atoms with E-state index in [1.807, 2.05) is 66.7 Å². The zero-order valence-corrected chi connectivity index (χ0v) is 31.1. The molecule has 0 bridgehead atoms. The van der Waals surface area contributed by atoms with Gasteiger partial charge in [-0.05, 0) is 108 Å². The number of aryl methyl sites for hydroxylation is 2. The average Bonchev–Trinajstić information content (AvgIpc) is 3.19. The van der Waals surface area contributed by atoms with Crippen LogP contribution in [0.15, 0.2) is 109 Å². The Balaban J connectivity index is 1.61. The van der Waals surface area contributed by atoms with Crippen molar-refractivity contribution in [2.75, 3.05) is 28.4 Å². The molecule has 6 rings (SSSR count). The second kappa shape index (κ2) is 17.0. The zero-order valence-electron chi connectivity index (χ0n) is 31.1. The molecule has 54 heavy (non-hydrogen) atoms. The summed E-state index contributed by atoms with van der Waals surface area (Å²) in [5.74, 6) is 2.86. The molecule has 0 aliphatic heterocycles. The molecule has 0 fully saturated rings. The molecule has 0 aliphatic carbocycles. The highest BCUT2D eigenvalue weighted by Crippen LogP contribution is 2.49. The third-order valence-corrected chi connectivity index (χ3v) is 9.90. The van der Waals surface area contributed by atoms with Gasteiger partial charge in [0.2, 0.25) is 0 Å². The second-order valence-corrected chi connectivity index (χ2v) is 13.2. The Morgan fingerprint density at radius 1 is 0.389 bits per heavy atom. The van der Waals surface area contributed by atoms with Crippen LogP contribution in [-0.2, 0) is 38.5 Å². The highest BCUT2D eigenvalue weighted by molar-refractivity contribution is 5.85. The van der Waals surface area contributed by atoms with E-state index in [0.717, 1.165) is 50.4 Å². The van der Waals surface area contributed by atoms with E-state index in [9.17, 15) is 20.4 Å². The standard InChI is InChI=1S/C46H46O8/c1-51-35-9-5-7-29(23-35)15-21-37-39(25-31-11-17-33(47)18-12-31)41(49)27-44(54-4)46(37)45-38(22-16-30-8-6-10-36(24-30)52-2)40(43(53-3)28-42(45)50)26-32-13-19-34(48)20-14-32/h5-14,17-20,23-24,27-28,47-50H,15-16,21-22,25-26H2,1-4H3. The third kappa shape index (κ3) is 8.50. The van der Waals surface area contributed by atoms with Gasteiger partial charge in [-0.1, -0.05) is 48.5 Å². The molecular formula is C46H46O8. The molecule has 6 aromatic rings. The minimum atomic E-state index is 0.0177. The number of benzene rings is 6. The fourth-order valence-corrected chi connectivity index (χ4v) is 7.14. The topological polar surface area (TPSA) is 118 Å². The number of ether oxygens (including phenoxy) is 4. The molecule has 0 atom stereocenters. The molecule has 4 N–H and O–H groups in total. The summed E-state index contributed by atoms with van der Waals surface area (Å²) in [7, 11) is 6.45. The van der Waals surface area contributed by atoms with Gasteiger partial charge in [-0.25, -0.2) is 0 Å². The van der Waals surface area contributed by atoms with E-state index in [1.54, 1.807) is 64.8 Å². The van der Waals surface area contributed by atoms with Gasteiger partial charge in [0, 0.05) is 47.2 Å². The van der Waals surface area contributed by atoms with Gasteiger partial charge in [0.25, 0.3) is 0 Å². The van der Waals surface area contributed by atoms with Crippen molar-refractivity contribution < 1.29 is 39.4 Å². The van der Waals surface area contributed by atoms with E-state index in [1.165, 1.54) is 0 Å². The predicted molar refractivity (Wildman–Crippen MR) is 211 cm³/mol. The molecule has 278 valence electrons. The maximum absolute atomic E-state index is 12.1. The fraction of sp³-hybridized carbons (Fsp3) is 0.217. The van der Waals surface area contributed by atoms with Crippen LogP contribution in [0.1, 0.15) is 44.5 Å². The summed E-state index contributed by atoms with van der Waals surface area (Å²) >= 11 is 0. The summed E-state index contributed by atoms with van der Waals surface area (Å²) in [5, 5.41) is 43.9. The lowest BCUT2D eigenvalue weighted by Gasteiger charge is -2.25. The highest BCUT2D eigenvalue weighted by Gasteiger charge is 2.28. The Morgan fingerprint density at radius 2 is 0.852 bits per heavy atom. The zero-order chi connectivity index (χ0) is 38.2. The van der Waals surface area contributed by atoms with Crippen molar-refractivity contribution in [1.82, 2.24) is 0 Å². The third-order valence-electron chi connectivity index (χ3n) is 9.90. The van der Waals surface area contributed by atoms with Crippen molar-refractivity contribution in [2.45, 2.75) is 38.5 Å². The monoisotopic (exact) mass is 726 g/mol. The van der Waals surface area contributed by atoms with Crippen LogP contribution in [0.2, 0.25) is 0 Å². The van der Waals surface area contributed by atoms with Gasteiger partial charge in [-0.15, -0.1) is 0 Å². The highest BCUT2D eigenvalue weighted by atomic mass is 16.5. The van der Waals surface area contributed by atoms with E-state index < -0.39 is 0 Å². The van der Waals surface area contributed by atoms with Gasteiger partial charge < -0.3 is 39.4 Å². The number of rotatable bonds is 15. The molecule has 8 nitrogen and oxygen atoms in total. The van der Waals surface area contributed by atoms with Crippen molar-refractivity contribution >= 4 is 0 Å². The molecule has 0 unspecified atom stereocenters. The molecule has 0 aromatic heterocycles. The Labute approximate surface area is 316 Å². The number of hydrogen-bond acceptors (Lipinski definition) is 8. The summed E-state index contributed by atoms with van der Waals surface area (Å²) in [4.78, 5) is 0. The van der Waals surface area contributed by atoms with Gasteiger partial charge in [0.05, 0.1) is 28.4 Å². The van der Waals surface area contributed by atoms with E-state index >= 15 is 0 Å². The molecule has 0 saturated heterocycles. The Bertz CT molecular complexity index is 2210. The summed E-state index contributed by atoms with van der Waals surface area (Å²) in [6, 6.07) is 33.1. The van der Waals surface area contributed by atoms with Crippen molar-refractivity contribution in [1.29, 1.82) is 0 Å². The number of aromatic hydroxyl groups is 4. The van der Waals surface area contributed by atoms with Crippen LogP contribution in [0.5, 0.6) is 46.0 Å². The quantitative estimate of drug-likeness (QED) is 0.0829. The molecular weight excluding hydrogens is 680 g/mol. The lowest BCUT2D eigenvalue weighted by atomic mass is 9.82. The normalized spacial score (nSPS) is 11.0. The largest absolute Gasteiger partial charge is 0.508 e. The molecule has 0 saturated carbocycles. The van der Waals surface area contributed by atoms with Crippen LogP contribution < -0.4 is 18.9 Å². The summed E-state index contributed by atoms with van der Waals surface area (Å²) in [6.45, 7) is 0. The van der Waals surface area contributed by atoms with Gasteiger partial charge in [0.15, 0.2) is 0 Å². The summed E-state index contributed by atoms with van der Waals surface area (Å²) in [6.07, 6.45) is 3.08. The number of hydrogen-bond donors (Lipinski definition) is 4. The molecule has 0 radical (unpaired) electrons. The fourth-order valence-electron chi connectivity index (χ4n) is 7.14. The van der Waals surface area contributed by atoms with E-state index in [4.69, 9.17) is 18.9 Å². The minimum absolute atomic E-state index is 0.0177. The van der Waals surface area contributed by atoms with E-state index in [-0.39, 0.29) is 23.0 Å². The average molecular weight is 727 g/mol. The second-order valence-electron chi connectivity index (χ2n) is 13.2. The SMILES string of the molecule is COc1cccc(CCc2c(Cc3ccc(O)cc3)c(OC)cc(O)c2-c2c(OC)cc(O)c(Cc3ccc(O)cc3)c2CCc2cccc(OC)c2)c1. The van der Waals surface area contributed by atoms with Crippen LogP contribution in [0, 0.1) is 0 Å². The molecule has 0 aliphatic rings. The Kier molecular flexibility index (Phi) is 11.8. The Morgan fingerprint density at radius 3 is 1.33 bits per heavy atom. The number of phenolic OH excluding ortho intramolecular Hbond substituents is 4. The van der Waals surface area contributed by atoms with Crippen LogP contribution in [0.3, 0.4) is 0 Å². The van der Waals surface area contributed by atoms with E-state index in [2.05, 4.69) is 6.07 Å². The molecule has 8 heteroatoms. The first-order valence-electron chi connectivity index (χ1n) is 17.9. The lowest BCUT2D eigenvalue weighted by Crippen LogP contribution is -2.09. The van der Waals surface area contributed by atoms with Crippen LogP contribution in [0.4, 0.5) is 0 Å². The van der Waals surface area contributed by atoms with Gasteiger partial charge >= 0.3 is 0 Å². The minimum Gasteiger partial charge on any atom is -0.508 e. The smallest absolute Gasteiger partial charge is 0.130 e. The van der Waals surface area contributed by atoms with Crippen LogP contribution in [0.25, 0.3) is 11.1 Å². The summed E-state index contributed by atoms with van der Waals surface area (Å²) in [5.41, 5.74) is 8.48. The van der Waals surface area contributed by atoms with E-state index in [0.29, 0.717) is 66.7 Å². The van der Waals surface area contributed by atoms with Gasteiger partial charge in [-0.3, -0.25) is 0 Å². The molecule has 0 heterocycles. The maximum Gasteiger partial charge on any atom is 0.130 e. The number of phenols is 4. The molecule has 0 amide bonds. The maximum atomic E-state index is 12.1. The van der Waals surface area contributed by atoms with Crippen molar-refractivity contribution in [2.24, 2.45) is 0 Å². The number of methoxy groups -OCH3 is 4. The van der Waals surface area contributed by atoms with Crippen molar-refractivity contribution in [3.63, 3.8) is 0 Å². The first-order valence-corrected chi connectivity index (χ1v) is 17.9. The first-order chi connectivity index (χ1) is 26.2. The first kappa shape index (κ1) is 37.5. The van der Waals surface area contributed by atoms with Gasteiger partial charge in [-0.2, -0.15) is 0 Å². The summed E-state index contributed by atoms with van der Waals surface area (Å²) < 4.78 is 23.1. The predicted octanol–water partition coefficient (Wildman–Crippen LogP) is 8.96. The van der Waals surface area contributed by atoms with Crippen LogP contribution >= 0.6 is 0 Å². The van der Waals surface area contributed by atoms with Crippen molar-refractivity contribution in [3.8, 4) is 57.1 Å². The van der Waals surface area contributed by atoms with Gasteiger partial charge in [0.1, 0.15) is 46.0 Å². The Hall–Kier alpha value is -6.28. The van der Waals surface area contributed by atoms with Crippen LogP contribution in [-0.4, -0.2) is 48.9 Å².